The average molecular weight is 254 g/mol. The quantitative estimate of drug-likeness (QED) is 0.880. The SMILES string of the molecule is NCCC1CC(c2ccccc2Br)C1. The Labute approximate surface area is 93.8 Å². The summed E-state index contributed by atoms with van der Waals surface area (Å²) in [6, 6.07) is 8.55. The van der Waals surface area contributed by atoms with E-state index in [1.54, 1.807) is 0 Å². The minimum Gasteiger partial charge on any atom is -0.330 e. The number of hydrogen-bond donors (Lipinski definition) is 1. The molecular formula is C12H16BrN. The van der Waals surface area contributed by atoms with E-state index < -0.39 is 0 Å². The first-order valence-corrected chi connectivity index (χ1v) is 6.05. The molecule has 1 fully saturated rings. The summed E-state index contributed by atoms with van der Waals surface area (Å²) in [6.07, 6.45) is 3.83. The van der Waals surface area contributed by atoms with Crippen molar-refractivity contribution in [2.75, 3.05) is 6.54 Å². The minimum absolute atomic E-state index is 0.766. The van der Waals surface area contributed by atoms with Crippen molar-refractivity contribution in [2.45, 2.75) is 25.2 Å². The van der Waals surface area contributed by atoms with E-state index >= 15 is 0 Å². The van der Waals surface area contributed by atoms with Gasteiger partial charge in [0.1, 0.15) is 0 Å². The lowest BCUT2D eigenvalue weighted by molar-refractivity contribution is 0.251. The van der Waals surface area contributed by atoms with Crippen LogP contribution in [0.2, 0.25) is 0 Å². The number of rotatable bonds is 3. The Morgan fingerprint density at radius 1 is 1.29 bits per heavy atom. The van der Waals surface area contributed by atoms with Crippen molar-refractivity contribution in [3.63, 3.8) is 0 Å². The smallest absolute Gasteiger partial charge is 0.0210 e. The topological polar surface area (TPSA) is 26.0 Å². The van der Waals surface area contributed by atoms with E-state index in [1.165, 1.54) is 29.3 Å². The lowest BCUT2D eigenvalue weighted by Crippen LogP contribution is -2.24. The highest BCUT2D eigenvalue weighted by Crippen LogP contribution is 2.45. The van der Waals surface area contributed by atoms with Crippen LogP contribution >= 0.6 is 15.9 Å². The van der Waals surface area contributed by atoms with Crippen LogP contribution in [0.3, 0.4) is 0 Å². The Hall–Kier alpha value is -0.340. The molecule has 2 N–H and O–H groups in total. The number of halogens is 1. The molecule has 0 saturated heterocycles. The molecule has 0 heterocycles. The van der Waals surface area contributed by atoms with Gasteiger partial charge in [0, 0.05) is 4.47 Å². The van der Waals surface area contributed by atoms with Gasteiger partial charge in [-0.3, -0.25) is 0 Å². The highest BCUT2D eigenvalue weighted by molar-refractivity contribution is 9.10. The molecule has 0 radical (unpaired) electrons. The first-order chi connectivity index (χ1) is 6.81. The first kappa shape index (κ1) is 10.2. The minimum atomic E-state index is 0.766. The van der Waals surface area contributed by atoms with Gasteiger partial charge in [-0.1, -0.05) is 34.1 Å². The van der Waals surface area contributed by atoms with Crippen molar-refractivity contribution in [1.82, 2.24) is 0 Å². The molecule has 0 aliphatic heterocycles. The maximum atomic E-state index is 5.54. The third-order valence-electron chi connectivity index (χ3n) is 3.16. The zero-order chi connectivity index (χ0) is 9.97. The summed E-state index contributed by atoms with van der Waals surface area (Å²) >= 11 is 3.61. The lowest BCUT2D eigenvalue weighted by atomic mass is 9.70. The molecule has 14 heavy (non-hydrogen) atoms. The highest BCUT2D eigenvalue weighted by atomic mass is 79.9. The second-order valence-electron chi connectivity index (χ2n) is 4.13. The summed E-state index contributed by atoms with van der Waals surface area (Å²) < 4.78 is 1.26. The van der Waals surface area contributed by atoms with Gasteiger partial charge in [-0.05, 0) is 49.3 Å². The summed E-state index contributed by atoms with van der Waals surface area (Å²) in [7, 11) is 0. The van der Waals surface area contributed by atoms with E-state index in [0.29, 0.717) is 0 Å². The van der Waals surface area contributed by atoms with Crippen LogP contribution in [0.5, 0.6) is 0 Å². The van der Waals surface area contributed by atoms with E-state index in [2.05, 4.69) is 40.2 Å². The van der Waals surface area contributed by atoms with Crippen molar-refractivity contribution in [3.05, 3.63) is 34.3 Å². The molecule has 2 heteroatoms. The van der Waals surface area contributed by atoms with Gasteiger partial charge in [0.2, 0.25) is 0 Å². The molecule has 0 aromatic heterocycles. The summed E-state index contributed by atoms with van der Waals surface area (Å²) in [5.74, 6) is 1.64. The predicted octanol–water partition coefficient (Wildman–Crippen LogP) is 3.29. The second kappa shape index (κ2) is 4.45. The molecule has 1 nitrogen and oxygen atoms in total. The maximum absolute atomic E-state index is 5.54. The van der Waals surface area contributed by atoms with Crippen LogP contribution in [-0.4, -0.2) is 6.54 Å². The van der Waals surface area contributed by atoms with E-state index in [9.17, 15) is 0 Å². The van der Waals surface area contributed by atoms with Crippen LogP contribution < -0.4 is 5.73 Å². The number of nitrogens with two attached hydrogens (primary N) is 1. The summed E-state index contributed by atoms with van der Waals surface area (Å²) in [5.41, 5.74) is 7.02. The van der Waals surface area contributed by atoms with E-state index in [0.717, 1.165) is 18.4 Å². The van der Waals surface area contributed by atoms with Gasteiger partial charge in [-0.2, -0.15) is 0 Å². The van der Waals surface area contributed by atoms with Crippen LogP contribution in [-0.2, 0) is 0 Å². The Morgan fingerprint density at radius 3 is 2.64 bits per heavy atom. The number of hydrogen-bond acceptors (Lipinski definition) is 1. The molecule has 0 spiro atoms. The Bertz CT molecular complexity index is 305. The van der Waals surface area contributed by atoms with E-state index in [-0.39, 0.29) is 0 Å². The zero-order valence-electron chi connectivity index (χ0n) is 8.25. The largest absolute Gasteiger partial charge is 0.330 e. The molecule has 1 aromatic carbocycles. The third-order valence-corrected chi connectivity index (χ3v) is 3.88. The Morgan fingerprint density at radius 2 is 2.00 bits per heavy atom. The fourth-order valence-electron chi connectivity index (χ4n) is 2.27. The lowest BCUT2D eigenvalue weighted by Gasteiger charge is -2.36. The van der Waals surface area contributed by atoms with E-state index in [4.69, 9.17) is 5.73 Å². The molecule has 1 aromatic rings. The van der Waals surface area contributed by atoms with Crippen LogP contribution in [0.15, 0.2) is 28.7 Å². The monoisotopic (exact) mass is 253 g/mol. The molecule has 1 aliphatic carbocycles. The molecule has 76 valence electrons. The summed E-state index contributed by atoms with van der Waals surface area (Å²) in [6.45, 7) is 0.841. The van der Waals surface area contributed by atoms with Gasteiger partial charge < -0.3 is 5.73 Å². The molecule has 0 amide bonds. The average Bonchev–Trinajstić information content (AvgIpc) is 2.12. The fourth-order valence-corrected chi connectivity index (χ4v) is 2.88. The maximum Gasteiger partial charge on any atom is 0.0210 e. The Balaban J connectivity index is 1.96. The highest BCUT2D eigenvalue weighted by Gasteiger charge is 2.30. The van der Waals surface area contributed by atoms with Crippen molar-refractivity contribution in [1.29, 1.82) is 0 Å². The molecule has 0 bridgehead atoms. The molecule has 1 saturated carbocycles. The van der Waals surface area contributed by atoms with Crippen LogP contribution in [0.4, 0.5) is 0 Å². The van der Waals surface area contributed by atoms with Crippen LogP contribution in [0.25, 0.3) is 0 Å². The molecule has 1 aliphatic rings. The van der Waals surface area contributed by atoms with Crippen LogP contribution in [0, 0.1) is 5.92 Å². The fraction of sp³-hybridized carbons (Fsp3) is 0.500. The summed E-state index contributed by atoms with van der Waals surface area (Å²) in [4.78, 5) is 0. The van der Waals surface area contributed by atoms with Gasteiger partial charge in [-0.25, -0.2) is 0 Å². The molecule has 2 rings (SSSR count). The van der Waals surface area contributed by atoms with Crippen molar-refractivity contribution in [2.24, 2.45) is 11.7 Å². The van der Waals surface area contributed by atoms with Gasteiger partial charge in [0.05, 0.1) is 0 Å². The standard InChI is InChI=1S/C12H16BrN/c13-12-4-2-1-3-11(12)10-7-9(8-10)5-6-14/h1-4,9-10H,5-8,14H2. The van der Waals surface area contributed by atoms with Crippen molar-refractivity contribution < 1.29 is 0 Å². The zero-order valence-corrected chi connectivity index (χ0v) is 9.83. The van der Waals surface area contributed by atoms with Gasteiger partial charge in [0.25, 0.3) is 0 Å². The normalized spacial score (nSPS) is 25.9. The number of benzene rings is 1. The van der Waals surface area contributed by atoms with Gasteiger partial charge in [0.15, 0.2) is 0 Å². The van der Waals surface area contributed by atoms with Crippen LogP contribution in [0.1, 0.15) is 30.7 Å². The van der Waals surface area contributed by atoms with Crippen molar-refractivity contribution in [3.8, 4) is 0 Å². The second-order valence-corrected chi connectivity index (χ2v) is 4.99. The van der Waals surface area contributed by atoms with Crippen molar-refractivity contribution >= 4 is 15.9 Å². The third kappa shape index (κ3) is 2.01. The van der Waals surface area contributed by atoms with E-state index in [1.807, 2.05) is 0 Å². The molecular weight excluding hydrogens is 238 g/mol. The predicted molar refractivity (Wildman–Crippen MR) is 63.3 cm³/mol. The first-order valence-electron chi connectivity index (χ1n) is 5.25. The van der Waals surface area contributed by atoms with Gasteiger partial charge >= 0.3 is 0 Å². The summed E-state index contributed by atoms with van der Waals surface area (Å²) in [5, 5.41) is 0. The Kier molecular flexibility index (Phi) is 3.24. The molecule has 0 unspecified atom stereocenters. The molecule has 0 atom stereocenters. The van der Waals surface area contributed by atoms with Gasteiger partial charge in [-0.15, -0.1) is 0 Å².